The molecule has 3 nitrogen and oxygen atoms in total. The summed E-state index contributed by atoms with van der Waals surface area (Å²) >= 11 is 5.94. The molecular weight excluding hydrogens is 298 g/mol. The molecular formula is C18H14ClNO2. The predicted octanol–water partition coefficient (Wildman–Crippen LogP) is 4.87. The lowest BCUT2D eigenvalue weighted by molar-refractivity contribution is 0.0697. The van der Waals surface area contributed by atoms with Crippen molar-refractivity contribution in [1.29, 1.82) is 0 Å². The molecule has 0 aliphatic rings. The second kappa shape index (κ2) is 5.43. The SMILES string of the molecule is Cc1ccc2c(-c3ccc(Cl)cc3)c(C(=O)O)c(C)cc2n1. The Morgan fingerprint density at radius 2 is 1.77 bits per heavy atom. The van der Waals surface area contributed by atoms with Crippen LogP contribution in [0.5, 0.6) is 0 Å². The number of rotatable bonds is 2. The third-order valence-electron chi connectivity index (χ3n) is 3.68. The summed E-state index contributed by atoms with van der Waals surface area (Å²) in [7, 11) is 0. The maximum Gasteiger partial charge on any atom is 0.336 e. The minimum Gasteiger partial charge on any atom is -0.478 e. The Balaban J connectivity index is 2.45. The molecule has 1 N–H and O–H groups in total. The van der Waals surface area contributed by atoms with E-state index in [1.54, 1.807) is 19.1 Å². The fraction of sp³-hybridized carbons (Fsp3) is 0.111. The largest absolute Gasteiger partial charge is 0.478 e. The van der Waals surface area contributed by atoms with Gasteiger partial charge < -0.3 is 5.11 Å². The number of carbonyl (C=O) groups is 1. The summed E-state index contributed by atoms with van der Waals surface area (Å²) < 4.78 is 0. The first-order chi connectivity index (χ1) is 10.5. The van der Waals surface area contributed by atoms with Crippen molar-refractivity contribution in [2.45, 2.75) is 13.8 Å². The molecule has 110 valence electrons. The van der Waals surface area contributed by atoms with Gasteiger partial charge in [0, 0.05) is 21.7 Å². The molecule has 22 heavy (non-hydrogen) atoms. The minimum atomic E-state index is -0.940. The summed E-state index contributed by atoms with van der Waals surface area (Å²) in [5, 5.41) is 11.1. The van der Waals surface area contributed by atoms with Crippen LogP contribution >= 0.6 is 11.6 Å². The van der Waals surface area contributed by atoms with Crippen LogP contribution in [0.2, 0.25) is 5.02 Å². The number of aromatic nitrogens is 1. The third kappa shape index (κ3) is 2.44. The van der Waals surface area contributed by atoms with Crippen LogP contribution in [0.4, 0.5) is 0 Å². The van der Waals surface area contributed by atoms with E-state index in [9.17, 15) is 9.90 Å². The van der Waals surface area contributed by atoms with Gasteiger partial charge in [0.05, 0.1) is 11.1 Å². The summed E-state index contributed by atoms with van der Waals surface area (Å²) in [4.78, 5) is 16.3. The molecule has 0 saturated heterocycles. The average Bonchev–Trinajstić information content (AvgIpc) is 2.46. The Bertz CT molecular complexity index is 886. The number of carboxylic acids is 1. The third-order valence-corrected chi connectivity index (χ3v) is 3.93. The molecule has 0 aliphatic heterocycles. The van der Waals surface area contributed by atoms with Gasteiger partial charge in [-0.2, -0.15) is 0 Å². The van der Waals surface area contributed by atoms with E-state index in [0.29, 0.717) is 21.7 Å². The zero-order valence-corrected chi connectivity index (χ0v) is 13.0. The first-order valence-corrected chi connectivity index (χ1v) is 7.25. The van der Waals surface area contributed by atoms with Gasteiger partial charge in [0.1, 0.15) is 0 Å². The van der Waals surface area contributed by atoms with Gasteiger partial charge in [0.25, 0.3) is 0 Å². The normalized spacial score (nSPS) is 10.9. The Morgan fingerprint density at radius 3 is 2.41 bits per heavy atom. The molecule has 0 radical (unpaired) electrons. The molecule has 1 aromatic heterocycles. The Kier molecular flexibility index (Phi) is 3.59. The minimum absolute atomic E-state index is 0.306. The Labute approximate surface area is 133 Å². The molecule has 2 aromatic carbocycles. The lowest BCUT2D eigenvalue weighted by Gasteiger charge is -2.14. The van der Waals surface area contributed by atoms with Crippen molar-refractivity contribution in [3.05, 3.63) is 64.3 Å². The molecule has 3 aromatic rings. The van der Waals surface area contributed by atoms with Crippen LogP contribution in [0.15, 0.2) is 42.5 Å². The molecule has 0 saturated carbocycles. The molecule has 0 atom stereocenters. The summed E-state index contributed by atoms with van der Waals surface area (Å²) in [6.07, 6.45) is 0. The van der Waals surface area contributed by atoms with E-state index >= 15 is 0 Å². The van der Waals surface area contributed by atoms with E-state index in [-0.39, 0.29) is 0 Å². The van der Waals surface area contributed by atoms with Crippen molar-refractivity contribution in [3.8, 4) is 11.1 Å². The first-order valence-electron chi connectivity index (χ1n) is 6.87. The van der Waals surface area contributed by atoms with Crippen LogP contribution < -0.4 is 0 Å². The van der Waals surface area contributed by atoms with Crippen LogP contribution in [0.25, 0.3) is 22.0 Å². The number of pyridine rings is 1. The summed E-state index contributed by atoms with van der Waals surface area (Å²) in [6.45, 7) is 3.72. The number of benzene rings is 2. The second-order valence-electron chi connectivity index (χ2n) is 5.27. The van der Waals surface area contributed by atoms with Gasteiger partial charge >= 0.3 is 5.97 Å². The molecule has 3 rings (SSSR count). The summed E-state index contributed by atoms with van der Waals surface area (Å²) in [5.74, 6) is -0.940. The number of nitrogens with zero attached hydrogens (tertiary/aromatic N) is 1. The smallest absolute Gasteiger partial charge is 0.336 e. The highest BCUT2D eigenvalue weighted by Gasteiger charge is 2.19. The van der Waals surface area contributed by atoms with Gasteiger partial charge in [-0.15, -0.1) is 0 Å². The van der Waals surface area contributed by atoms with Crippen LogP contribution in [0, 0.1) is 13.8 Å². The maximum absolute atomic E-state index is 11.7. The molecule has 0 bridgehead atoms. The van der Waals surface area contributed by atoms with Crippen molar-refractivity contribution in [3.63, 3.8) is 0 Å². The van der Waals surface area contributed by atoms with E-state index in [1.165, 1.54) is 0 Å². The monoisotopic (exact) mass is 311 g/mol. The van der Waals surface area contributed by atoms with E-state index in [1.807, 2.05) is 37.3 Å². The second-order valence-corrected chi connectivity index (χ2v) is 5.71. The Morgan fingerprint density at radius 1 is 1.09 bits per heavy atom. The predicted molar refractivity (Wildman–Crippen MR) is 88.6 cm³/mol. The number of hydrogen-bond acceptors (Lipinski definition) is 2. The molecule has 4 heteroatoms. The average molecular weight is 312 g/mol. The van der Waals surface area contributed by atoms with Crippen LogP contribution in [-0.4, -0.2) is 16.1 Å². The first kappa shape index (κ1) is 14.5. The maximum atomic E-state index is 11.7. The number of halogens is 1. The molecule has 0 spiro atoms. The number of carboxylic acid groups (broad SMARTS) is 1. The van der Waals surface area contributed by atoms with E-state index in [0.717, 1.165) is 22.2 Å². The van der Waals surface area contributed by atoms with Crippen molar-refractivity contribution < 1.29 is 9.90 Å². The zero-order chi connectivity index (χ0) is 15.9. The topological polar surface area (TPSA) is 50.2 Å². The van der Waals surface area contributed by atoms with E-state index in [2.05, 4.69) is 4.98 Å². The summed E-state index contributed by atoms with van der Waals surface area (Å²) in [5.41, 5.74) is 4.21. The molecule has 0 amide bonds. The number of aryl methyl sites for hydroxylation is 2. The van der Waals surface area contributed by atoms with Crippen molar-refractivity contribution in [1.82, 2.24) is 4.98 Å². The Hall–Kier alpha value is -2.39. The fourth-order valence-electron chi connectivity index (χ4n) is 2.70. The highest BCUT2D eigenvalue weighted by Crippen LogP contribution is 2.34. The van der Waals surface area contributed by atoms with Crippen LogP contribution in [-0.2, 0) is 0 Å². The summed E-state index contributed by atoms with van der Waals surface area (Å²) in [6, 6.07) is 12.8. The molecule has 0 aliphatic carbocycles. The highest BCUT2D eigenvalue weighted by atomic mass is 35.5. The molecule has 0 fully saturated rings. The lowest BCUT2D eigenvalue weighted by Crippen LogP contribution is -2.04. The standard InChI is InChI=1S/C18H14ClNO2/c1-10-9-15-14(8-3-11(2)20-15)17(16(10)18(21)22)12-4-6-13(19)7-5-12/h3-9H,1-2H3,(H,21,22). The van der Waals surface area contributed by atoms with Crippen molar-refractivity contribution >= 4 is 28.5 Å². The van der Waals surface area contributed by atoms with Gasteiger partial charge in [-0.25, -0.2) is 4.79 Å². The zero-order valence-electron chi connectivity index (χ0n) is 12.2. The number of hydrogen-bond donors (Lipinski definition) is 1. The van der Waals surface area contributed by atoms with Crippen LogP contribution in [0.1, 0.15) is 21.6 Å². The molecule has 0 unspecified atom stereocenters. The van der Waals surface area contributed by atoms with Gasteiger partial charge in [0.2, 0.25) is 0 Å². The number of fused-ring (bicyclic) bond motifs is 1. The highest BCUT2D eigenvalue weighted by molar-refractivity contribution is 6.30. The van der Waals surface area contributed by atoms with Gasteiger partial charge in [-0.1, -0.05) is 29.8 Å². The van der Waals surface area contributed by atoms with Gasteiger partial charge in [0.15, 0.2) is 0 Å². The molecule has 1 heterocycles. The van der Waals surface area contributed by atoms with E-state index in [4.69, 9.17) is 11.6 Å². The van der Waals surface area contributed by atoms with Crippen molar-refractivity contribution in [2.24, 2.45) is 0 Å². The lowest BCUT2D eigenvalue weighted by atomic mass is 9.91. The van der Waals surface area contributed by atoms with Crippen LogP contribution in [0.3, 0.4) is 0 Å². The van der Waals surface area contributed by atoms with Gasteiger partial charge in [-0.3, -0.25) is 4.98 Å². The van der Waals surface area contributed by atoms with Crippen molar-refractivity contribution in [2.75, 3.05) is 0 Å². The van der Waals surface area contributed by atoms with E-state index < -0.39 is 5.97 Å². The van der Waals surface area contributed by atoms with Gasteiger partial charge in [-0.05, 0) is 49.2 Å². The number of aromatic carboxylic acids is 1. The quantitative estimate of drug-likeness (QED) is 0.734. The fourth-order valence-corrected chi connectivity index (χ4v) is 2.83.